The zero-order valence-electron chi connectivity index (χ0n) is 15.3. The van der Waals surface area contributed by atoms with Crippen molar-refractivity contribution in [2.75, 3.05) is 19.0 Å². The summed E-state index contributed by atoms with van der Waals surface area (Å²) >= 11 is 6.09. The van der Waals surface area contributed by atoms with E-state index in [1.165, 1.54) is 12.0 Å². The number of ether oxygens (including phenoxy) is 2. The number of benzene rings is 1. The Labute approximate surface area is 153 Å². The van der Waals surface area contributed by atoms with E-state index in [0.29, 0.717) is 29.4 Å². The number of anilines is 1. The first-order valence-electron chi connectivity index (χ1n) is 8.27. The third-order valence-electron chi connectivity index (χ3n) is 3.92. The molecule has 2 amide bonds. The molecule has 0 aliphatic carbocycles. The fourth-order valence-electron chi connectivity index (χ4n) is 2.72. The molecule has 0 aromatic heterocycles. The Balaban J connectivity index is 2.15. The lowest BCUT2D eigenvalue weighted by atomic mass is 10.1. The zero-order chi connectivity index (χ0) is 18.8. The van der Waals surface area contributed by atoms with Crippen LogP contribution < -0.4 is 10.1 Å². The molecule has 0 bridgehead atoms. The van der Waals surface area contributed by atoms with E-state index in [1.54, 1.807) is 32.9 Å². The summed E-state index contributed by atoms with van der Waals surface area (Å²) in [5.41, 5.74) is 0.760. The first-order chi connectivity index (χ1) is 11.6. The van der Waals surface area contributed by atoms with Gasteiger partial charge in [-0.15, -0.1) is 0 Å². The zero-order valence-corrected chi connectivity index (χ0v) is 16.1. The van der Waals surface area contributed by atoms with Gasteiger partial charge < -0.3 is 14.8 Å². The summed E-state index contributed by atoms with van der Waals surface area (Å²) in [6, 6.07) is 2.86. The molecule has 138 valence electrons. The van der Waals surface area contributed by atoms with Gasteiger partial charge in [0, 0.05) is 17.6 Å². The smallest absolute Gasteiger partial charge is 0.410 e. The molecular formula is C18H25ClN2O4. The molecule has 1 saturated heterocycles. The lowest BCUT2D eigenvalue weighted by Crippen LogP contribution is -2.45. The van der Waals surface area contributed by atoms with Crippen LogP contribution in [0.25, 0.3) is 0 Å². The van der Waals surface area contributed by atoms with Gasteiger partial charge in [-0.2, -0.15) is 0 Å². The molecule has 1 N–H and O–H groups in total. The van der Waals surface area contributed by atoms with Crippen LogP contribution in [0.1, 0.15) is 39.2 Å². The van der Waals surface area contributed by atoms with E-state index in [4.69, 9.17) is 21.1 Å². The van der Waals surface area contributed by atoms with Gasteiger partial charge in [0.15, 0.2) is 0 Å². The number of amides is 2. The number of carbonyl (C=O) groups is 2. The standard InChI is InChI=1S/C18H25ClN2O4/c1-11-9-13(15(24-5)10-12(11)19)20-16(22)14-7-6-8-21(14)17(23)25-18(2,3)4/h9-10,14H,6-8H2,1-5H3,(H,20,22). The number of likely N-dealkylation sites (tertiary alicyclic amines) is 1. The van der Waals surface area contributed by atoms with Gasteiger partial charge in [-0.25, -0.2) is 4.79 Å². The van der Waals surface area contributed by atoms with Gasteiger partial charge in [-0.1, -0.05) is 11.6 Å². The average molecular weight is 369 g/mol. The number of carbonyl (C=O) groups excluding carboxylic acids is 2. The van der Waals surface area contributed by atoms with Crippen molar-refractivity contribution < 1.29 is 19.1 Å². The molecule has 1 atom stereocenters. The van der Waals surface area contributed by atoms with Crippen LogP contribution in [0, 0.1) is 6.92 Å². The van der Waals surface area contributed by atoms with Crippen LogP contribution in [0.5, 0.6) is 5.75 Å². The minimum atomic E-state index is -0.600. The Morgan fingerprint density at radius 1 is 1.32 bits per heavy atom. The van der Waals surface area contributed by atoms with Crippen LogP contribution in [-0.4, -0.2) is 42.2 Å². The fraction of sp³-hybridized carbons (Fsp3) is 0.556. The average Bonchev–Trinajstić information content (AvgIpc) is 2.98. The van der Waals surface area contributed by atoms with E-state index in [2.05, 4.69) is 5.32 Å². The lowest BCUT2D eigenvalue weighted by Gasteiger charge is -2.28. The number of hydrogen-bond acceptors (Lipinski definition) is 4. The molecule has 1 aromatic rings. The monoisotopic (exact) mass is 368 g/mol. The van der Waals surface area contributed by atoms with Gasteiger partial charge in [0.2, 0.25) is 5.91 Å². The van der Waals surface area contributed by atoms with Crippen molar-refractivity contribution in [3.05, 3.63) is 22.7 Å². The second-order valence-corrected chi connectivity index (χ2v) is 7.53. The van der Waals surface area contributed by atoms with E-state index >= 15 is 0 Å². The minimum absolute atomic E-state index is 0.261. The van der Waals surface area contributed by atoms with Crippen molar-refractivity contribution in [3.63, 3.8) is 0 Å². The van der Waals surface area contributed by atoms with Crippen LogP contribution in [-0.2, 0) is 9.53 Å². The first kappa shape index (κ1) is 19.4. The van der Waals surface area contributed by atoms with Crippen LogP contribution in [0.2, 0.25) is 5.02 Å². The Bertz CT molecular complexity index is 670. The number of nitrogens with one attached hydrogen (secondary N) is 1. The summed E-state index contributed by atoms with van der Waals surface area (Å²) < 4.78 is 10.7. The molecule has 0 spiro atoms. The molecule has 7 heteroatoms. The molecule has 25 heavy (non-hydrogen) atoms. The molecule has 0 radical (unpaired) electrons. The third kappa shape index (κ3) is 4.78. The SMILES string of the molecule is COc1cc(Cl)c(C)cc1NC(=O)C1CCCN1C(=O)OC(C)(C)C. The Morgan fingerprint density at radius 3 is 2.60 bits per heavy atom. The summed E-state index contributed by atoms with van der Waals surface area (Å²) in [6.07, 6.45) is 0.887. The topological polar surface area (TPSA) is 67.9 Å². The van der Waals surface area contributed by atoms with Crippen LogP contribution in [0.3, 0.4) is 0 Å². The molecule has 1 unspecified atom stereocenters. The highest BCUT2D eigenvalue weighted by atomic mass is 35.5. The molecule has 1 aromatic carbocycles. The predicted octanol–water partition coefficient (Wildman–Crippen LogP) is 4.00. The quantitative estimate of drug-likeness (QED) is 0.875. The molecule has 1 fully saturated rings. The summed E-state index contributed by atoms with van der Waals surface area (Å²) in [6.45, 7) is 7.76. The number of nitrogens with zero attached hydrogens (tertiary/aromatic N) is 1. The van der Waals surface area contributed by atoms with E-state index in [-0.39, 0.29) is 5.91 Å². The van der Waals surface area contributed by atoms with E-state index in [9.17, 15) is 9.59 Å². The van der Waals surface area contributed by atoms with Crippen molar-refractivity contribution >= 4 is 29.3 Å². The minimum Gasteiger partial charge on any atom is -0.495 e. The van der Waals surface area contributed by atoms with E-state index < -0.39 is 17.7 Å². The molecule has 1 aliphatic rings. The number of halogens is 1. The van der Waals surface area contributed by atoms with Gasteiger partial charge in [0.1, 0.15) is 17.4 Å². The lowest BCUT2D eigenvalue weighted by molar-refractivity contribution is -0.120. The van der Waals surface area contributed by atoms with Gasteiger partial charge in [-0.3, -0.25) is 9.69 Å². The highest BCUT2D eigenvalue weighted by molar-refractivity contribution is 6.31. The maximum atomic E-state index is 12.7. The van der Waals surface area contributed by atoms with Crippen LogP contribution in [0.15, 0.2) is 12.1 Å². The van der Waals surface area contributed by atoms with E-state index in [0.717, 1.165) is 12.0 Å². The second kappa shape index (κ2) is 7.52. The molecular weight excluding hydrogens is 344 g/mol. The Hall–Kier alpha value is -1.95. The molecule has 0 saturated carbocycles. The van der Waals surface area contributed by atoms with Crippen LogP contribution in [0.4, 0.5) is 10.5 Å². The summed E-state index contributed by atoms with van der Waals surface area (Å²) in [7, 11) is 1.51. The predicted molar refractivity (Wildman–Crippen MR) is 97.3 cm³/mol. The largest absolute Gasteiger partial charge is 0.495 e. The van der Waals surface area contributed by atoms with Crippen LogP contribution >= 0.6 is 11.6 Å². The maximum Gasteiger partial charge on any atom is 0.410 e. The van der Waals surface area contributed by atoms with Gasteiger partial charge in [0.25, 0.3) is 0 Å². The molecule has 1 heterocycles. The van der Waals surface area contributed by atoms with Crippen molar-refractivity contribution in [1.82, 2.24) is 4.90 Å². The normalized spacial score (nSPS) is 17.4. The Morgan fingerprint density at radius 2 is 2.00 bits per heavy atom. The first-order valence-corrected chi connectivity index (χ1v) is 8.65. The summed E-state index contributed by atoms with van der Waals surface area (Å²) in [4.78, 5) is 26.5. The molecule has 6 nitrogen and oxygen atoms in total. The van der Waals surface area contributed by atoms with Crippen molar-refractivity contribution in [1.29, 1.82) is 0 Å². The molecule has 1 aliphatic heterocycles. The number of methoxy groups -OCH3 is 1. The summed E-state index contributed by atoms with van der Waals surface area (Å²) in [5.74, 6) is 0.217. The maximum absolute atomic E-state index is 12.7. The number of hydrogen-bond donors (Lipinski definition) is 1. The summed E-state index contributed by atoms with van der Waals surface area (Å²) in [5, 5.41) is 3.41. The number of aryl methyl sites for hydroxylation is 1. The van der Waals surface area contributed by atoms with Crippen molar-refractivity contribution in [3.8, 4) is 5.75 Å². The highest BCUT2D eigenvalue weighted by Crippen LogP contribution is 2.32. The van der Waals surface area contributed by atoms with Crippen molar-refractivity contribution in [2.24, 2.45) is 0 Å². The van der Waals surface area contributed by atoms with Gasteiger partial charge in [0.05, 0.1) is 12.8 Å². The molecule has 2 rings (SSSR count). The second-order valence-electron chi connectivity index (χ2n) is 7.12. The fourth-order valence-corrected chi connectivity index (χ4v) is 2.88. The van der Waals surface area contributed by atoms with Gasteiger partial charge >= 0.3 is 6.09 Å². The number of rotatable bonds is 3. The Kier molecular flexibility index (Phi) is 5.83. The highest BCUT2D eigenvalue weighted by Gasteiger charge is 2.36. The third-order valence-corrected chi connectivity index (χ3v) is 4.33. The van der Waals surface area contributed by atoms with Gasteiger partial charge in [-0.05, 0) is 52.2 Å². The van der Waals surface area contributed by atoms with E-state index in [1.807, 2.05) is 6.92 Å². The van der Waals surface area contributed by atoms with Crippen molar-refractivity contribution in [2.45, 2.75) is 52.2 Å².